The minimum absolute atomic E-state index is 0.847. The highest BCUT2D eigenvalue weighted by atomic mass is 15.0. The van der Waals surface area contributed by atoms with Gasteiger partial charge in [-0.3, -0.25) is 9.97 Å². The number of allylic oxidation sites excluding steroid dienone is 2. The van der Waals surface area contributed by atoms with E-state index in [1.54, 1.807) is 0 Å². The van der Waals surface area contributed by atoms with Crippen LogP contribution in [0.25, 0.3) is 66.1 Å². The lowest BCUT2D eigenvalue weighted by Gasteiger charge is -2.09. The van der Waals surface area contributed by atoms with Gasteiger partial charge in [-0.1, -0.05) is 59.3 Å². The summed E-state index contributed by atoms with van der Waals surface area (Å²) in [5.74, 6) is 0. The molecule has 0 unspecified atom stereocenters. The molecule has 4 aromatic carbocycles. The van der Waals surface area contributed by atoms with E-state index in [1.165, 1.54) is 21.7 Å². The summed E-state index contributed by atoms with van der Waals surface area (Å²) < 4.78 is 9.52. The summed E-state index contributed by atoms with van der Waals surface area (Å²) in [6, 6.07) is 42.5. The van der Waals surface area contributed by atoms with E-state index in [0.717, 1.165) is 67.1 Å². The van der Waals surface area contributed by atoms with Gasteiger partial charge in [-0.25, -0.2) is 4.98 Å². The van der Waals surface area contributed by atoms with Crippen LogP contribution < -0.4 is 4.67 Å². The van der Waals surface area contributed by atoms with Crippen molar-refractivity contribution in [2.24, 2.45) is 0 Å². The van der Waals surface area contributed by atoms with Crippen molar-refractivity contribution in [2.45, 2.75) is 0 Å². The van der Waals surface area contributed by atoms with Crippen LogP contribution in [0.3, 0.4) is 0 Å². The molecule has 0 saturated heterocycles. The second-order valence-corrected chi connectivity index (χ2v) is 12.2. The number of para-hydroxylation sites is 2. The Morgan fingerprint density at radius 1 is 0.408 bits per heavy atom. The van der Waals surface area contributed by atoms with Gasteiger partial charge in [0.2, 0.25) is 0 Å². The first-order valence-corrected chi connectivity index (χ1v) is 16.3. The summed E-state index contributed by atoms with van der Waals surface area (Å²) in [6.45, 7) is 0. The van der Waals surface area contributed by atoms with E-state index in [4.69, 9.17) is 9.65 Å². The van der Waals surface area contributed by atoms with E-state index in [9.17, 15) is 0 Å². The molecule has 0 aliphatic carbocycles. The van der Waals surface area contributed by atoms with E-state index < -0.39 is 0 Å². The second-order valence-electron chi connectivity index (χ2n) is 12.2. The molecule has 6 heteroatoms. The van der Waals surface area contributed by atoms with E-state index in [2.05, 4.69) is 140 Å². The number of rotatable bonds is 5. The van der Waals surface area contributed by atoms with Crippen molar-refractivity contribution in [1.29, 1.82) is 0 Å². The van der Waals surface area contributed by atoms with Crippen LogP contribution in [0.15, 0.2) is 164 Å². The fourth-order valence-electron chi connectivity index (χ4n) is 7.16. The van der Waals surface area contributed by atoms with Crippen molar-refractivity contribution in [2.75, 3.05) is 0 Å². The zero-order valence-electron chi connectivity index (χ0n) is 26.3. The third-order valence-corrected chi connectivity index (χ3v) is 9.50. The van der Waals surface area contributed by atoms with Gasteiger partial charge in [0.05, 0.1) is 33.8 Å². The van der Waals surface area contributed by atoms with Gasteiger partial charge in [-0.15, -0.1) is 0 Å². The Labute approximate surface area is 281 Å². The minimum atomic E-state index is 0.847. The molecule has 1 aliphatic heterocycles. The number of pyridine rings is 3. The molecule has 228 valence electrons. The van der Waals surface area contributed by atoms with Crippen LogP contribution in [0.1, 0.15) is 11.3 Å². The Bertz CT molecular complexity index is 2720. The number of nitrogens with zero attached hydrogens (tertiary/aromatic N) is 6. The molecule has 6 heterocycles. The highest BCUT2D eigenvalue weighted by Crippen LogP contribution is 2.33. The highest BCUT2D eigenvalue weighted by molar-refractivity contribution is 6.22. The lowest BCUT2D eigenvalue weighted by Crippen LogP contribution is -2.04. The van der Waals surface area contributed by atoms with Gasteiger partial charge >= 0.3 is 11.4 Å². The van der Waals surface area contributed by atoms with Crippen LogP contribution in [-0.4, -0.2) is 35.5 Å². The molecule has 49 heavy (non-hydrogen) atoms. The molecule has 0 bridgehead atoms. The summed E-state index contributed by atoms with van der Waals surface area (Å²) in [7, 11) is 0. The number of hydrogen-bond donors (Lipinski definition) is 0. The summed E-state index contributed by atoms with van der Waals surface area (Å²) in [5, 5.41) is 4.78. The zero-order valence-corrected chi connectivity index (χ0v) is 26.3. The van der Waals surface area contributed by atoms with Crippen molar-refractivity contribution in [3.05, 3.63) is 176 Å². The smallest absolute Gasteiger partial charge is 0.309 e. The predicted molar refractivity (Wildman–Crippen MR) is 200 cm³/mol. The molecule has 0 radical (unpaired) electrons. The molecule has 0 spiro atoms. The molecule has 5 aromatic heterocycles. The van der Waals surface area contributed by atoms with Crippen molar-refractivity contribution in [3.8, 4) is 22.5 Å². The molecule has 10 rings (SSSR count). The van der Waals surface area contributed by atoms with Gasteiger partial charge in [0, 0.05) is 75.4 Å². The third kappa shape index (κ3) is 4.36. The normalized spacial score (nSPS) is 12.7. The van der Waals surface area contributed by atoms with E-state index in [1.807, 2.05) is 43.1 Å². The summed E-state index contributed by atoms with van der Waals surface area (Å²) in [4.78, 5) is 13.6. The standard InChI is InChI=1S/C43H27N6/c1-3-7-40-33(5-1)35-21-23-45-27-43(35)49(40)32-14-9-28(10-15-32)30-13-18-38(46-25-30)39-20-19-37(47-39)29-11-16-31(17-12-29)48-41-8-4-2-6-34(41)36-26-44-24-22-42(36)48/h1-27H/q+1. The van der Waals surface area contributed by atoms with Gasteiger partial charge in [0.25, 0.3) is 0 Å². The quantitative estimate of drug-likeness (QED) is 0.180. The maximum absolute atomic E-state index is 4.95. The number of benzene rings is 4. The van der Waals surface area contributed by atoms with Crippen molar-refractivity contribution >= 4 is 55.0 Å². The third-order valence-electron chi connectivity index (χ3n) is 9.50. The molecule has 0 saturated carbocycles. The molecule has 1 aliphatic rings. The van der Waals surface area contributed by atoms with E-state index in [0.29, 0.717) is 0 Å². The van der Waals surface area contributed by atoms with Gasteiger partial charge < -0.3 is 9.13 Å². The average molecular weight is 628 g/mol. The van der Waals surface area contributed by atoms with Crippen molar-refractivity contribution < 1.29 is 0 Å². The molecule has 0 amide bonds. The largest absolute Gasteiger partial charge is 0.353 e. The number of hydrogen-bond acceptors (Lipinski definition) is 3. The first-order chi connectivity index (χ1) is 24.3. The fraction of sp³-hybridized carbons (Fsp3) is 0. The summed E-state index contributed by atoms with van der Waals surface area (Å²) >= 11 is 0. The van der Waals surface area contributed by atoms with Crippen LogP contribution in [-0.2, 0) is 0 Å². The molecule has 0 N–H and O–H groups in total. The number of fused-ring (bicyclic) bond motifs is 6. The average Bonchev–Trinajstić information content (AvgIpc) is 3.89. The predicted octanol–water partition coefficient (Wildman–Crippen LogP) is 8.65. The monoisotopic (exact) mass is 627 g/mol. The van der Waals surface area contributed by atoms with Gasteiger partial charge in [-0.05, 0) is 72.3 Å². The van der Waals surface area contributed by atoms with Crippen molar-refractivity contribution in [3.63, 3.8) is 0 Å². The van der Waals surface area contributed by atoms with Gasteiger partial charge in [0.1, 0.15) is 0 Å². The first kappa shape index (κ1) is 27.3. The Morgan fingerprint density at radius 3 is 1.71 bits per heavy atom. The lowest BCUT2D eigenvalue weighted by atomic mass is 10.1. The Morgan fingerprint density at radius 2 is 0.980 bits per heavy atom. The maximum atomic E-state index is 4.95. The molecule has 0 fully saturated rings. The first-order valence-electron chi connectivity index (χ1n) is 16.3. The number of aromatic nitrogens is 5. The Balaban J connectivity index is 0.929. The fourth-order valence-corrected chi connectivity index (χ4v) is 7.16. The molecular weight excluding hydrogens is 601 g/mol. The highest BCUT2D eigenvalue weighted by Gasteiger charge is 2.23. The maximum Gasteiger partial charge on any atom is 0.353 e. The van der Waals surface area contributed by atoms with E-state index in [-0.39, 0.29) is 0 Å². The van der Waals surface area contributed by atoms with Crippen LogP contribution in [0, 0.1) is 0 Å². The SMILES string of the molecule is C1=CC(c2ccc(-c3ccc(-n4c5ccccc5c5ccncc54)cc3)cn2)=[N+]=C1c1ccc(-n2c3ccccc3c3cnccc32)cc1. The minimum Gasteiger partial charge on any atom is -0.309 e. The van der Waals surface area contributed by atoms with Crippen LogP contribution in [0.2, 0.25) is 0 Å². The lowest BCUT2D eigenvalue weighted by molar-refractivity contribution is 1.17. The van der Waals surface area contributed by atoms with Crippen LogP contribution in [0.4, 0.5) is 0 Å². The second kappa shape index (κ2) is 10.8. The van der Waals surface area contributed by atoms with Crippen LogP contribution in [0.5, 0.6) is 0 Å². The topological polar surface area (TPSA) is 62.6 Å². The molecule has 0 atom stereocenters. The zero-order chi connectivity index (χ0) is 32.3. The van der Waals surface area contributed by atoms with Gasteiger partial charge in [0.15, 0.2) is 5.69 Å². The van der Waals surface area contributed by atoms with E-state index >= 15 is 0 Å². The Kier molecular flexibility index (Phi) is 6.03. The molecule has 9 aromatic rings. The molecular formula is C43H27N6+. The Hall–Kier alpha value is -6.88. The summed E-state index contributed by atoms with van der Waals surface area (Å²) in [5.41, 5.74) is 12.6. The molecule has 6 nitrogen and oxygen atoms in total. The van der Waals surface area contributed by atoms with Crippen molar-refractivity contribution in [1.82, 2.24) is 28.8 Å². The van der Waals surface area contributed by atoms with Gasteiger partial charge in [-0.2, -0.15) is 0 Å². The summed E-state index contributed by atoms with van der Waals surface area (Å²) in [6.07, 6.45) is 13.6. The van der Waals surface area contributed by atoms with Crippen LogP contribution >= 0.6 is 0 Å².